The van der Waals surface area contributed by atoms with Crippen molar-refractivity contribution in [3.63, 3.8) is 0 Å². The van der Waals surface area contributed by atoms with E-state index in [4.69, 9.17) is 20.9 Å². The number of amides is 1. The largest absolute Gasteiger partial charge is 0.487 e. The van der Waals surface area contributed by atoms with Crippen LogP contribution in [0.1, 0.15) is 28.2 Å². The molecule has 0 unspecified atom stereocenters. The molecule has 2 aromatic rings. The van der Waals surface area contributed by atoms with E-state index in [0.717, 1.165) is 6.42 Å². The van der Waals surface area contributed by atoms with E-state index in [0.29, 0.717) is 40.9 Å². The Labute approximate surface area is 133 Å². The maximum absolute atomic E-state index is 12.5. The molecule has 0 aromatic carbocycles. The molecule has 1 aliphatic heterocycles. The predicted molar refractivity (Wildman–Crippen MR) is 80.2 cm³/mol. The Bertz CT molecular complexity index is 682. The van der Waals surface area contributed by atoms with Crippen molar-refractivity contribution in [1.82, 2.24) is 15.0 Å². The maximum Gasteiger partial charge on any atom is 0.259 e. The van der Waals surface area contributed by atoms with Crippen LogP contribution in [-0.2, 0) is 0 Å². The van der Waals surface area contributed by atoms with Crippen LogP contribution in [0.15, 0.2) is 23.0 Å². The Hall–Kier alpha value is -2.08. The van der Waals surface area contributed by atoms with Crippen LogP contribution in [0.4, 0.5) is 0 Å². The molecule has 7 heteroatoms. The number of nitrogens with zero attached hydrogens (tertiary/aromatic N) is 3. The summed E-state index contributed by atoms with van der Waals surface area (Å²) in [6.07, 6.45) is 3.85. The van der Waals surface area contributed by atoms with Crippen molar-refractivity contribution >= 4 is 17.5 Å². The van der Waals surface area contributed by atoms with E-state index in [2.05, 4.69) is 10.1 Å². The number of rotatable bonds is 3. The second-order valence-corrected chi connectivity index (χ2v) is 5.69. The molecule has 1 aliphatic rings. The number of carbonyl (C=O) groups is 1. The molecule has 3 heterocycles. The van der Waals surface area contributed by atoms with Gasteiger partial charge >= 0.3 is 0 Å². The van der Waals surface area contributed by atoms with Gasteiger partial charge in [0.05, 0.1) is 12.2 Å². The van der Waals surface area contributed by atoms with Gasteiger partial charge in [-0.2, -0.15) is 0 Å². The molecule has 1 atom stereocenters. The molecular formula is C15H16ClN3O3. The first-order valence-electron chi connectivity index (χ1n) is 7.04. The van der Waals surface area contributed by atoms with Crippen molar-refractivity contribution in [2.45, 2.75) is 26.4 Å². The molecule has 0 N–H and O–H groups in total. The summed E-state index contributed by atoms with van der Waals surface area (Å²) in [7, 11) is 0. The third-order valence-corrected chi connectivity index (χ3v) is 3.99. The second-order valence-electron chi connectivity index (χ2n) is 5.28. The van der Waals surface area contributed by atoms with Crippen LogP contribution in [0.5, 0.6) is 5.75 Å². The fourth-order valence-corrected chi connectivity index (χ4v) is 2.76. The van der Waals surface area contributed by atoms with Gasteiger partial charge in [-0.3, -0.25) is 9.78 Å². The lowest BCUT2D eigenvalue weighted by molar-refractivity contribution is 0.0770. The van der Waals surface area contributed by atoms with Crippen LogP contribution in [-0.4, -0.2) is 40.1 Å². The Morgan fingerprint density at radius 2 is 2.32 bits per heavy atom. The van der Waals surface area contributed by atoms with Crippen LogP contribution in [0, 0.1) is 13.8 Å². The predicted octanol–water partition coefficient (Wildman–Crippen LogP) is 2.63. The molecule has 0 saturated carbocycles. The summed E-state index contributed by atoms with van der Waals surface area (Å²) < 4.78 is 10.9. The summed E-state index contributed by atoms with van der Waals surface area (Å²) in [4.78, 5) is 18.2. The van der Waals surface area contributed by atoms with E-state index < -0.39 is 0 Å². The highest BCUT2D eigenvalue weighted by Gasteiger charge is 2.31. The van der Waals surface area contributed by atoms with Gasteiger partial charge in [0.25, 0.3) is 5.91 Å². The summed E-state index contributed by atoms with van der Waals surface area (Å²) in [5, 5.41) is 4.30. The second kappa shape index (κ2) is 5.96. The van der Waals surface area contributed by atoms with E-state index in [1.807, 2.05) is 0 Å². The van der Waals surface area contributed by atoms with Crippen LogP contribution >= 0.6 is 11.6 Å². The normalized spacial score (nSPS) is 17.8. The third kappa shape index (κ3) is 2.78. The van der Waals surface area contributed by atoms with Gasteiger partial charge < -0.3 is 14.2 Å². The molecule has 1 saturated heterocycles. The zero-order chi connectivity index (χ0) is 15.7. The van der Waals surface area contributed by atoms with E-state index in [9.17, 15) is 4.79 Å². The van der Waals surface area contributed by atoms with Crippen molar-refractivity contribution in [2.75, 3.05) is 13.1 Å². The van der Waals surface area contributed by atoms with E-state index in [-0.39, 0.29) is 12.0 Å². The minimum absolute atomic E-state index is 0.0665. The topological polar surface area (TPSA) is 68.5 Å². The van der Waals surface area contributed by atoms with Gasteiger partial charge in [-0.1, -0.05) is 16.8 Å². The number of hydrogen-bond acceptors (Lipinski definition) is 5. The number of hydrogen-bond donors (Lipinski definition) is 0. The third-order valence-electron chi connectivity index (χ3n) is 3.71. The first-order chi connectivity index (χ1) is 10.6. The average molecular weight is 322 g/mol. The van der Waals surface area contributed by atoms with E-state index in [1.54, 1.807) is 37.2 Å². The van der Waals surface area contributed by atoms with Crippen molar-refractivity contribution in [3.05, 3.63) is 40.5 Å². The lowest BCUT2D eigenvalue weighted by Crippen LogP contribution is -2.31. The van der Waals surface area contributed by atoms with Crippen molar-refractivity contribution in [3.8, 4) is 5.75 Å². The molecule has 1 fully saturated rings. The molecule has 0 aliphatic carbocycles. The van der Waals surface area contributed by atoms with Crippen LogP contribution in [0.25, 0.3) is 0 Å². The van der Waals surface area contributed by atoms with Crippen LogP contribution in [0.2, 0.25) is 5.02 Å². The van der Waals surface area contributed by atoms with E-state index >= 15 is 0 Å². The van der Waals surface area contributed by atoms with Crippen molar-refractivity contribution in [2.24, 2.45) is 0 Å². The van der Waals surface area contributed by atoms with Crippen molar-refractivity contribution < 1.29 is 14.1 Å². The molecule has 6 nitrogen and oxygen atoms in total. The number of halogens is 1. The van der Waals surface area contributed by atoms with Gasteiger partial charge in [0.15, 0.2) is 0 Å². The Morgan fingerprint density at radius 1 is 1.50 bits per heavy atom. The summed E-state index contributed by atoms with van der Waals surface area (Å²) in [6.45, 7) is 4.66. The summed E-state index contributed by atoms with van der Waals surface area (Å²) >= 11 is 6.04. The van der Waals surface area contributed by atoms with Gasteiger partial charge in [-0.05, 0) is 13.8 Å². The molecule has 22 heavy (non-hydrogen) atoms. The lowest BCUT2D eigenvalue weighted by Gasteiger charge is -2.17. The quantitative estimate of drug-likeness (QED) is 0.869. The first kappa shape index (κ1) is 14.8. The Kier molecular flexibility index (Phi) is 4.02. The van der Waals surface area contributed by atoms with Crippen LogP contribution < -0.4 is 4.74 Å². The zero-order valence-corrected chi connectivity index (χ0v) is 13.1. The molecule has 3 rings (SSSR count). The highest BCUT2D eigenvalue weighted by atomic mass is 35.5. The smallest absolute Gasteiger partial charge is 0.259 e. The minimum Gasteiger partial charge on any atom is -0.487 e. The number of aryl methyl sites for hydroxylation is 2. The molecular weight excluding hydrogens is 306 g/mol. The van der Waals surface area contributed by atoms with Gasteiger partial charge in [0.2, 0.25) is 0 Å². The number of ether oxygens (including phenoxy) is 1. The summed E-state index contributed by atoms with van der Waals surface area (Å²) in [6, 6.07) is 1.72. The summed E-state index contributed by atoms with van der Waals surface area (Å²) in [5.41, 5.74) is 1.16. The van der Waals surface area contributed by atoms with Crippen LogP contribution in [0.3, 0.4) is 0 Å². The van der Waals surface area contributed by atoms with Gasteiger partial charge in [0, 0.05) is 31.4 Å². The average Bonchev–Trinajstić information content (AvgIpc) is 3.08. The zero-order valence-electron chi connectivity index (χ0n) is 12.4. The molecule has 116 valence electrons. The maximum atomic E-state index is 12.5. The Morgan fingerprint density at radius 3 is 3.00 bits per heavy atom. The van der Waals surface area contributed by atoms with Gasteiger partial charge in [0.1, 0.15) is 28.2 Å². The monoisotopic (exact) mass is 321 g/mol. The number of aromatic nitrogens is 2. The Balaban J connectivity index is 1.68. The van der Waals surface area contributed by atoms with Gasteiger partial charge in [-0.15, -0.1) is 0 Å². The lowest BCUT2D eigenvalue weighted by atomic mass is 10.2. The van der Waals surface area contributed by atoms with Crippen molar-refractivity contribution in [1.29, 1.82) is 0 Å². The number of carbonyl (C=O) groups excluding carboxylic acids is 1. The number of pyridine rings is 1. The summed E-state index contributed by atoms with van der Waals surface area (Å²) in [5.74, 6) is 1.07. The molecule has 0 spiro atoms. The standard InChI is InChI=1S/C15H16ClN3O3/c1-9-14(10(2)22-18-9)15(20)19-6-4-11(8-19)21-13-3-5-17-7-12(13)16/h3,5,7,11H,4,6,8H2,1-2H3/t11-/m1/s1. The molecule has 0 radical (unpaired) electrons. The SMILES string of the molecule is Cc1noc(C)c1C(=O)N1CC[C@@H](Oc2ccncc2Cl)C1. The fraction of sp³-hybridized carbons (Fsp3) is 0.400. The number of likely N-dealkylation sites (tertiary alicyclic amines) is 1. The molecule has 0 bridgehead atoms. The molecule has 1 amide bonds. The van der Waals surface area contributed by atoms with Gasteiger partial charge in [-0.25, -0.2) is 0 Å². The molecule has 2 aromatic heterocycles. The van der Waals surface area contributed by atoms with E-state index in [1.165, 1.54) is 0 Å². The first-order valence-corrected chi connectivity index (χ1v) is 7.42. The fourth-order valence-electron chi connectivity index (χ4n) is 2.59. The highest BCUT2D eigenvalue weighted by molar-refractivity contribution is 6.31. The minimum atomic E-state index is -0.0793. The highest BCUT2D eigenvalue weighted by Crippen LogP contribution is 2.26.